The Bertz CT molecular complexity index is 468. The SMILES string of the molecule is COc1c(CC(C)(C)N)cccc1OC1CCCN(C)C1. The summed E-state index contributed by atoms with van der Waals surface area (Å²) in [7, 11) is 3.84. The fraction of sp³-hybridized carbons (Fsp3) is 0.647. The van der Waals surface area contributed by atoms with E-state index >= 15 is 0 Å². The van der Waals surface area contributed by atoms with Gasteiger partial charge in [-0.3, -0.25) is 0 Å². The topological polar surface area (TPSA) is 47.7 Å². The number of para-hydroxylation sites is 1. The third kappa shape index (κ3) is 4.61. The van der Waals surface area contributed by atoms with Gasteiger partial charge in [-0.05, 0) is 58.3 Å². The monoisotopic (exact) mass is 292 g/mol. The summed E-state index contributed by atoms with van der Waals surface area (Å²) in [4.78, 5) is 2.31. The zero-order chi connectivity index (χ0) is 15.5. The van der Waals surface area contributed by atoms with Crippen LogP contribution < -0.4 is 15.2 Å². The van der Waals surface area contributed by atoms with Gasteiger partial charge in [0.25, 0.3) is 0 Å². The molecule has 1 aromatic rings. The molecule has 1 atom stereocenters. The number of methoxy groups -OCH3 is 1. The number of rotatable bonds is 5. The molecule has 1 fully saturated rings. The first-order chi connectivity index (χ1) is 9.89. The number of benzene rings is 1. The van der Waals surface area contributed by atoms with Gasteiger partial charge in [0, 0.05) is 12.1 Å². The van der Waals surface area contributed by atoms with E-state index in [1.165, 1.54) is 6.42 Å². The van der Waals surface area contributed by atoms with Crippen molar-refractivity contribution >= 4 is 0 Å². The van der Waals surface area contributed by atoms with E-state index < -0.39 is 0 Å². The van der Waals surface area contributed by atoms with Crippen LogP contribution in [-0.4, -0.2) is 43.8 Å². The summed E-state index contributed by atoms with van der Waals surface area (Å²) in [5.74, 6) is 1.66. The van der Waals surface area contributed by atoms with Crippen LogP contribution >= 0.6 is 0 Å². The van der Waals surface area contributed by atoms with Gasteiger partial charge < -0.3 is 20.1 Å². The van der Waals surface area contributed by atoms with Crippen molar-refractivity contribution in [2.45, 2.75) is 44.8 Å². The summed E-state index contributed by atoms with van der Waals surface area (Å²) in [5.41, 5.74) is 6.98. The van der Waals surface area contributed by atoms with Crippen molar-refractivity contribution in [3.8, 4) is 11.5 Å². The van der Waals surface area contributed by atoms with Gasteiger partial charge in [0.05, 0.1) is 7.11 Å². The highest BCUT2D eigenvalue weighted by Gasteiger charge is 2.22. The molecule has 2 N–H and O–H groups in total. The van der Waals surface area contributed by atoms with E-state index in [0.29, 0.717) is 0 Å². The molecule has 0 aromatic heterocycles. The van der Waals surface area contributed by atoms with E-state index in [-0.39, 0.29) is 11.6 Å². The molecule has 4 heteroatoms. The number of hydrogen-bond acceptors (Lipinski definition) is 4. The molecule has 0 aliphatic carbocycles. The minimum absolute atomic E-state index is 0.235. The molecule has 1 aromatic carbocycles. The molecular formula is C17H28N2O2. The average Bonchev–Trinajstić information content (AvgIpc) is 2.37. The molecule has 1 aliphatic heterocycles. The van der Waals surface area contributed by atoms with Gasteiger partial charge in [0.2, 0.25) is 0 Å². The minimum Gasteiger partial charge on any atom is -0.493 e. The van der Waals surface area contributed by atoms with Gasteiger partial charge in [0.15, 0.2) is 11.5 Å². The van der Waals surface area contributed by atoms with E-state index in [0.717, 1.165) is 43.0 Å². The molecule has 2 rings (SSSR count). The van der Waals surface area contributed by atoms with Gasteiger partial charge in [-0.15, -0.1) is 0 Å². The van der Waals surface area contributed by atoms with Crippen LogP contribution in [0.2, 0.25) is 0 Å². The maximum Gasteiger partial charge on any atom is 0.163 e. The van der Waals surface area contributed by atoms with Crippen LogP contribution in [0, 0.1) is 0 Å². The van der Waals surface area contributed by atoms with E-state index in [1.807, 2.05) is 26.0 Å². The molecular weight excluding hydrogens is 264 g/mol. The van der Waals surface area contributed by atoms with Crippen molar-refractivity contribution in [2.24, 2.45) is 5.73 Å². The van der Waals surface area contributed by atoms with E-state index in [4.69, 9.17) is 15.2 Å². The second-order valence-electron chi connectivity index (χ2n) is 6.76. The molecule has 0 saturated carbocycles. The first kappa shape index (κ1) is 16.1. The molecule has 0 bridgehead atoms. The highest BCUT2D eigenvalue weighted by atomic mass is 16.5. The lowest BCUT2D eigenvalue weighted by Gasteiger charge is -2.31. The summed E-state index contributed by atoms with van der Waals surface area (Å²) >= 11 is 0. The first-order valence-electron chi connectivity index (χ1n) is 7.69. The summed E-state index contributed by atoms with van der Waals surface area (Å²) in [6.45, 7) is 6.17. The standard InChI is InChI=1S/C17H28N2O2/c1-17(2,18)11-13-7-5-9-15(16(13)20-4)21-14-8-6-10-19(3)12-14/h5,7,9,14H,6,8,10-12,18H2,1-4H3. The molecule has 0 spiro atoms. The molecule has 1 unspecified atom stereocenters. The van der Waals surface area contributed by atoms with Gasteiger partial charge in [-0.25, -0.2) is 0 Å². The number of nitrogens with zero attached hydrogens (tertiary/aromatic N) is 1. The minimum atomic E-state index is -0.267. The van der Waals surface area contributed by atoms with Crippen molar-refractivity contribution in [3.63, 3.8) is 0 Å². The van der Waals surface area contributed by atoms with Crippen LogP contribution in [0.25, 0.3) is 0 Å². The fourth-order valence-corrected chi connectivity index (χ4v) is 2.91. The normalized spacial score (nSPS) is 20.3. The molecule has 1 saturated heterocycles. The Hall–Kier alpha value is -1.26. The Labute approximate surface area is 128 Å². The van der Waals surface area contributed by atoms with Crippen LogP contribution in [0.15, 0.2) is 18.2 Å². The molecule has 0 radical (unpaired) electrons. The van der Waals surface area contributed by atoms with Crippen molar-refractivity contribution in [1.82, 2.24) is 4.90 Å². The lowest BCUT2D eigenvalue weighted by molar-refractivity contribution is 0.101. The highest BCUT2D eigenvalue weighted by molar-refractivity contribution is 5.47. The lowest BCUT2D eigenvalue weighted by atomic mass is 9.95. The second-order valence-corrected chi connectivity index (χ2v) is 6.76. The van der Waals surface area contributed by atoms with Gasteiger partial charge >= 0.3 is 0 Å². The zero-order valence-corrected chi connectivity index (χ0v) is 13.7. The number of nitrogens with two attached hydrogens (primary N) is 1. The largest absolute Gasteiger partial charge is 0.493 e. The Kier molecular flexibility index (Phi) is 5.12. The van der Waals surface area contributed by atoms with Gasteiger partial charge in [0.1, 0.15) is 6.10 Å². The van der Waals surface area contributed by atoms with Crippen molar-refractivity contribution in [1.29, 1.82) is 0 Å². The zero-order valence-electron chi connectivity index (χ0n) is 13.7. The van der Waals surface area contributed by atoms with Crippen molar-refractivity contribution < 1.29 is 9.47 Å². The number of likely N-dealkylation sites (N-methyl/N-ethyl adjacent to an activating group) is 1. The van der Waals surface area contributed by atoms with Gasteiger partial charge in [-0.1, -0.05) is 12.1 Å². The maximum atomic E-state index is 6.20. The van der Waals surface area contributed by atoms with Crippen molar-refractivity contribution in [3.05, 3.63) is 23.8 Å². The average molecular weight is 292 g/mol. The predicted molar refractivity (Wildman–Crippen MR) is 86.1 cm³/mol. The lowest BCUT2D eigenvalue weighted by Crippen LogP contribution is -2.38. The quantitative estimate of drug-likeness (QED) is 0.905. The third-order valence-electron chi connectivity index (χ3n) is 3.79. The van der Waals surface area contributed by atoms with Crippen LogP contribution in [0.4, 0.5) is 0 Å². The molecule has 118 valence electrons. The Morgan fingerprint density at radius 1 is 1.38 bits per heavy atom. The fourth-order valence-electron chi connectivity index (χ4n) is 2.91. The Morgan fingerprint density at radius 3 is 2.76 bits per heavy atom. The second kappa shape index (κ2) is 6.67. The molecule has 1 heterocycles. The summed E-state index contributed by atoms with van der Waals surface area (Å²) < 4.78 is 11.8. The van der Waals surface area contributed by atoms with Crippen LogP contribution in [-0.2, 0) is 6.42 Å². The smallest absolute Gasteiger partial charge is 0.163 e. The number of hydrogen-bond donors (Lipinski definition) is 1. The van der Waals surface area contributed by atoms with Crippen LogP contribution in [0.3, 0.4) is 0 Å². The van der Waals surface area contributed by atoms with Crippen molar-refractivity contribution in [2.75, 3.05) is 27.2 Å². The number of likely N-dealkylation sites (tertiary alicyclic amines) is 1. The molecule has 21 heavy (non-hydrogen) atoms. The predicted octanol–water partition coefficient (Wildman–Crippen LogP) is 2.45. The Balaban J connectivity index is 2.17. The summed E-state index contributed by atoms with van der Waals surface area (Å²) in [5, 5.41) is 0. The van der Waals surface area contributed by atoms with Crippen LogP contribution in [0.1, 0.15) is 32.3 Å². The third-order valence-corrected chi connectivity index (χ3v) is 3.79. The van der Waals surface area contributed by atoms with Crippen LogP contribution in [0.5, 0.6) is 11.5 Å². The summed E-state index contributed by atoms with van der Waals surface area (Å²) in [6.07, 6.45) is 3.27. The summed E-state index contributed by atoms with van der Waals surface area (Å²) in [6, 6.07) is 6.07. The highest BCUT2D eigenvalue weighted by Crippen LogP contribution is 2.34. The molecule has 1 aliphatic rings. The van der Waals surface area contributed by atoms with E-state index in [1.54, 1.807) is 7.11 Å². The van der Waals surface area contributed by atoms with E-state index in [2.05, 4.69) is 18.0 Å². The number of ether oxygens (including phenoxy) is 2. The van der Waals surface area contributed by atoms with E-state index in [9.17, 15) is 0 Å². The molecule has 0 amide bonds. The van der Waals surface area contributed by atoms with Gasteiger partial charge in [-0.2, -0.15) is 0 Å². The first-order valence-corrected chi connectivity index (χ1v) is 7.69. The molecule has 4 nitrogen and oxygen atoms in total. The maximum absolute atomic E-state index is 6.20. The Morgan fingerprint density at radius 2 is 2.14 bits per heavy atom. The number of piperidine rings is 1.